The van der Waals surface area contributed by atoms with Gasteiger partial charge >= 0.3 is 29.6 Å². The standard InChI is InChI=1S/C24H50O4S.Na/c1-3-5-6-7-8-9-10-11-12-15-18-21-24(29(26,27)28)22-19-16-13-14-17-20-23(25)4-2;/h23-25H,3-22H2,1-2H3,(H,26,27,28);/q;+1/p-1. The Morgan fingerprint density at radius 2 is 0.967 bits per heavy atom. The van der Waals surface area contributed by atoms with Gasteiger partial charge in [0.25, 0.3) is 0 Å². The van der Waals surface area contributed by atoms with Gasteiger partial charge in [0, 0.05) is 5.25 Å². The van der Waals surface area contributed by atoms with Crippen LogP contribution in [0.3, 0.4) is 0 Å². The summed E-state index contributed by atoms with van der Waals surface area (Å²) in [5, 5.41) is 8.83. The minimum absolute atomic E-state index is 0. The molecule has 4 nitrogen and oxygen atoms in total. The van der Waals surface area contributed by atoms with Crippen molar-refractivity contribution in [3.05, 3.63) is 0 Å². The van der Waals surface area contributed by atoms with Gasteiger partial charge in [-0.3, -0.25) is 0 Å². The number of aliphatic hydroxyl groups excluding tert-OH is 1. The maximum atomic E-state index is 11.5. The fraction of sp³-hybridized carbons (Fsp3) is 1.00. The van der Waals surface area contributed by atoms with Gasteiger partial charge in [-0.1, -0.05) is 117 Å². The summed E-state index contributed by atoms with van der Waals surface area (Å²) in [6, 6.07) is 0. The molecule has 0 spiro atoms. The number of unbranched alkanes of at least 4 members (excludes halogenated alkanes) is 14. The van der Waals surface area contributed by atoms with Gasteiger partial charge in [-0.05, 0) is 25.7 Å². The van der Waals surface area contributed by atoms with Gasteiger partial charge in [0.15, 0.2) is 0 Å². The van der Waals surface area contributed by atoms with Crippen LogP contribution < -0.4 is 29.6 Å². The van der Waals surface area contributed by atoms with Gasteiger partial charge in [-0.15, -0.1) is 0 Å². The second kappa shape index (κ2) is 23.0. The van der Waals surface area contributed by atoms with Crippen LogP contribution in [0.4, 0.5) is 0 Å². The van der Waals surface area contributed by atoms with E-state index < -0.39 is 15.4 Å². The Bertz CT molecular complexity index is 442. The summed E-state index contributed by atoms with van der Waals surface area (Å²) in [5.74, 6) is 0. The average Bonchev–Trinajstić information content (AvgIpc) is 2.68. The van der Waals surface area contributed by atoms with Crippen molar-refractivity contribution >= 4 is 10.1 Å². The molecule has 1 N–H and O–H groups in total. The van der Waals surface area contributed by atoms with Crippen LogP contribution in [-0.4, -0.2) is 29.4 Å². The Hall–Kier alpha value is 0.870. The van der Waals surface area contributed by atoms with Crippen molar-refractivity contribution in [2.45, 2.75) is 154 Å². The van der Waals surface area contributed by atoms with Crippen molar-refractivity contribution in [3.63, 3.8) is 0 Å². The number of aliphatic hydroxyl groups is 1. The minimum Gasteiger partial charge on any atom is -0.748 e. The summed E-state index contributed by atoms with van der Waals surface area (Å²) < 4.78 is 34.6. The molecule has 0 aromatic carbocycles. The van der Waals surface area contributed by atoms with Gasteiger partial charge in [0.1, 0.15) is 0 Å². The largest absolute Gasteiger partial charge is 1.00 e. The second-order valence-electron chi connectivity index (χ2n) is 8.85. The molecule has 176 valence electrons. The maximum Gasteiger partial charge on any atom is 1.00 e. The third kappa shape index (κ3) is 22.1. The summed E-state index contributed by atoms with van der Waals surface area (Å²) in [6.45, 7) is 4.23. The molecule has 0 radical (unpaired) electrons. The van der Waals surface area contributed by atoms with E-state index in [1.54, 1.807) is 0 Å². The predicted molar refractivity (Wildman–Crippen MR) is 123 cm³/mol. The van der Waals surface area contributed by atoms with E-state index in [0.29, 0.717) is 12.8 Å². The molecule has 0 aromatic rings. The molecule has 0 heterocycles. The first kappa shape index (κ1) is 33.0. The molecule has 0 bridgehead atoms. The molecule has 0 saturated carbocycles. The molecule has 2 atom stereocenters. The van der Waals surface area contributed by atoms with E-state index in [2.05, 4.69) is 6.92 Å². The van der Waals surface area contributed by atoms with Gasteiger partial charge in [-0.25, -0.2) is 8.42 Å². The molecule has 0 saturated heterocycles. The quantitative estimate of drug-likeness (QED) is 0.151. The van der Waals surface area contributed by atoms with E-state index >= 15 is 0 Å². The van der Waals surface area contributed by atoms with Crippen molar-refractivity contribution in [2.24, 2.45) is 0 Å². The predicted octanol–water partition coefficient (Wildman–Crippen LogP) is 4.11. The van der Waals surface area contributed by atoms with E-state index in [4.69, 9.17) is 0 Å². The molecule has 6 heteroatoms. The van der Waals surface area contributed by atoms with Crippen LogP contribution in [0.2, 0.25) is 0 Å². The second-order valence-corrected chi connectivity index (χ2v) is 10.5. The monoisotopic (exact) mass is 456 g/mol. The van der Waals surface area contributed by atoms with Gasteiger partial charge in [0.05, 0.1) is 16.2 Å². The van der Waals surface area contributed by atoms with Crippen molar-refractivity contribution in [1.82, 2.24) is 0 Å². The Balaban J connectivity index is 0. The van der Waals surface area contributed by atoms with Crippen molar-refractivity contribution < 1.29 is 47.6 Å². The average molecular weight is 457 g/mol. The Kier molecular flexibility index (Phi) is 25.4. The number of rotatable bonds is 22. The zero-order chi connectivity index (χ0) is 21.8. The molecular weight excluding hydrogens is 407 g/mol. The smallest absolute Gasteiger partial charge is 0.748 e. The van der Waals surface area contributed by atoms with E-state index in [1.165, 1.54) is 51.4 Å². The van der Waals surface area contributed by atoms with Gasteiger partial charge in [0.2, 0.25) is 0 Å². The molecule has 0 amide bonds. The minimum atomic E-state index is -4.17. The fourth-order valence-electron chi connectivity index (χ4n) is 3.96. The number of hydrogen-bond donors (Lipinski definition) is 1. The first-order valence-electron chi connectivity index (χ1n) is 12.5. The summed E-state index contributed by atoms with van der Waals surface area (Å²) in [7, 11) is -4.17. The molecule has 30 heavy (non-hydrogen) atoms. The van der Waals surface area contributed by atoms with E-state index in [0.717, 1.165) is 64.2 Å². The molecule has 2 unspecified atom stereocenters. The van der Waals surface area contributed by atoms with Crippen LogP contribution in [0, 0.1) is 0 Å². The van der Waals surface area contributed by atoms with Crippen LogP contribution in [0.1, 0.15) is 142 Å². The summed E-state index contributed by atoms with van der Waals surface area (Å²) in [6.07, 6.45) is 21.1. The summed E-state index contributed by atoms with van der Waals surface area (Å²) in [5.41, 5.74) is 0. The van der Waals surface area contributed by atoms with Crippen LogP contribution in [-0.2, 0) is 10.1 Å². The Labute approximate surface area is 210 Å². The normalized spacial score (nSPS) is 13.7. The number of hydrogen-bond acceptors (Lipinski definition) is 4. The third-order valence-electron chi connectivity index (χ3n) is 6.07. The topological polar surface area (TPSA) is 77.4 Å². The van der Waals surface area contributed by atoms with Crippen LogP contribution in [0.15, 0.2) is 0 Å². The maximum absolute atomic E-state index is 11.5. The van der Waals surface area contributed by atoms with E-state index in [-0.39, 0.29) is 35.7 Å². The van der Waals surface area contributed by atoms with Crippen LogP contribution in [0.5, 0.6) is 0 Å². The van der Waals surface area contributed by atoms with E-state index in [1.807, 2.05) is 6.92 Å². The molecule has 0 aromatic heterocycles. The van der Waals surface area contributed by atoms with Gasteiger partial charge in [-0.2, -0.15) is 0 Å². The first-order valence-corrected chi connectivity index (χ1v) is 14.0. The van der Waals surface area contributed by atoms with Gasteiger partial charge < -0.3 is 9.66 Å². The van der Waals surface area contributed by atoms with Crippen molar-refractivity contribution in [2.75, 3.05) is 0 Å². The molecular formula is C24H49NaO4S. The third-order valence-corrected chi connectivity index (χ3v) is 7.36. The Morgan fingerprint density at radius 3 is 1.30 bits per heavy atom. The zero-order valence-electron chi connectivity index (χ0n) is 20.4. The fourth-order valence-corrected chi connectivity index (χ4v) is 4.87. The van der Waals surface area contributed by atoms with Crippen LogP contribution in [0.25, 0.3) is 0 Å². The first-order chi connectivity index (χ1) is 13.9. The van der Waals surface area contributed by atoms with E-state index in [9.17, 15) is 18.1 Å². The van der Waals surface area contributed by atoms with Crippen molar-refractivity contribution in [1.29, 1.82) is 0 Å². The summed E-state index contributed by atoms with van der Waals surface area (Å²) in [4.78, 5) is 0. The molecule has 0 fully saturated rings. The van der Waals surface area contributed by atoms with Crippen LogP contribution >= 0.6 is 0 Å². The van der Waals surface area contributed by atoms with Crippen molar-refractivity contribution in [3.8, 4) is 0 Å². The Morgan fingerprint density at radius 1 is 0.633 bits per heavy atom. The molecule has 0 aliphatic heterocycles. The SMILES string of the molecule is CCCCCCCCCCCCCC(CCCCCCCC(O)CC)S(=O)(=O)[O-].[Na+]. The summed E-state index contributed by atoms with van der Waals surface area (Å²) >= 11 is 0. The molecule has 0 rings (SSSR count). The molecule has 0 aliphatic carbocycles. The molecule has 0 aliphatic rings. The zero-order valence-corrected chi connectivity index (χ0v) is 23.2.